The number of rotatable bonds is 5. The van der Waals surface area contributed by atoms with Gasteiger partial charge in [0.25, 0.3) is 5.69 Å². The van der Waals surface area contributed by atoms with E-state index in [-0.39, 0.29) is 11.4 Å². The van der Waals surface area contributed by atoms with Crippen molar-refractivity contribution < 1.29 is 19.2 Å². The number of nitro groups is 1. The minimum Gasteiger partial charge on any atom is -0.489 e. The Labute approximate surface area is 152 Å². The highest BCUT2D eigenvalue weighted by molar-refractivity contribution is 5.90. The first-order chi connectivity index (χ1) is 12.2. The monoisotopic (exact) mass is 358 g/mol. The van der Waals surface area contributed by atoms with Crippen molar-refractivity contribution in [2.75, 3.05) is 11.9 Å². The average molecular weight is 358 g/mol. The fraction of sp³-hybridized carbons (Fsp3) is 0.316. The fourth-order valence-corrected chi connectivity index (χ4v) is 2.19. The van der Waals surface area contributed by atoms with Gasteiger partial charge in [0.2, 0.25) is 0 Å². The third-order valence-corrected chi connectivity index (χ3v) is 3.42. The average Bonchev–Trinajstić information content (AvgIpc) is 2.58. The summed E-state index contributed by atoms with van der Waals surface area (Å²) in [6.45, 7) is 5.48. The second kappa shape index (κ2) is 7.86. The lowest BCUT2D eigenvalue weighted by molar-refractivity contribution is -0.384. The van der Waals surface area contributed by atoms with Crippen LogP contribution in [0.4, 0.5) is 16.2 Å². The summed E-state index contributed by atoms with van der Waals surface area (Å²) in [5, 5.41) is 11.4. The van der Waals surface area contributed by atoms with Crippen molar-refractivity contribution in [3.8, 4) is 5.75 Å². The maximum absolute atomic E-state index is 12.2. The van der Waals surface area contributed by atoms with Gasteiger partial charge in [-0.05, 0) is 38.5 Å². The zero-order valence-electron chi connectivity index (χ0n) is 15.3. The molecule has 0 aliphatic heterocycles. The Morgan fingerprint density at radius 3 is 2.38 bits per heavy atom. The number of carbonyl (C=O) groups excluding carboxylic acids is 1. The highest BCUT2D eigenvalue weighted by atomic mass is 16.6. The van der Waals surface area contributed by atoms with Crippen LogP contribution in [0.25, 0.3) is 0 Å². The number of nitrogens with zero attached hydrogens (tertiary/aromatic N) is 2. The van der Waals surface area contributed by atoms with E-state index in [1.807, 2.05) is 30.3 Å². The highest BCUT2D eigenvalue weighted by Crippen LogP contribution is 2.32. The number of ether oxygens (including phenoxy) is 2. The number of nitro benzene ring substituents is 1. The van der Waals surface area contributed by atoms with Crippen LogP contribution in [0.1, 0.15) is 26.3 Å². The topological polar surface area (TPSA) is 81.9 Å². The molecule has 1 amide bonds. The summed E-state index contributed by atoms with van der Waals surface area (Å²) in [4.78, 5) is 24.2. The molecule has 26 heavy (non-hydrogen) atoms. The predicted octanol–water partition coefficient (Wildman–Crippen LogP) is 4.55. The molecule has 2 aromatic carbocycles. The molecule has 0 aromatic heterocycles. The van der Waals surface area contributed by atoms with Crippen LogP contribution >= 0.6 is 0 Å². The van der Waals surface area contributed by atoms with Gasteiger partial charge in [0.15, 0.2) is 0 Å². The lowest BCUT2D eigenvalue weighted by Crippen LogP contribution is -2.34. The molecule has 2 aromatic rings. The highest BCUT2D eigenvalue weighted by Gasteiger charge is 2.26. The molecule has 0 aliphatic carbocycles. The summed E-state index contributed by atoms with van der Waals surface area (Å²) >= 11 is 0. The third kappa shape index (κ3) is 5.20. The van der Waals surface area contributed by atoms with Crippen LogP contribution in [-0.2, 0) is 11.3 Å². The molecule has 0 aliphatic rings. The molecule has 0 unspecified atom stereocenters. The Balaban J connectivity index is 2.20. The van der Waals surface area contributed by atoms with E-state index in [9.17, 15) is 14.9 Å². The molecule has 0 saturated heterocycles. The Morgan fingerprint density at radius 1 is 1.15 bits per heavy atom. The molecule has 0 bridgehead atoms. The van der Waals surface area contributed by atoms with Crippen molar-refractivity contribution in [3.05, 3.63) is 64.2 Å². The lowest BCUT2D eigenvalue weighted by atomic mass is 10.2. The molecule has 2 rings (SSSR count). The number of carbonyl (C=O) groups is 1. The van der Waals surface area contributed by atoms with Gasteiger partial charge in [0.1, 0.15) is 23.6 Å². The molecule has 0 atom stereocenters. The van der Waals surface area contributed by atoms with Crippen LogP contribution in [0.15, 0.2) is 48.5 Å². The molecule has 0 heterocycles. The zero-order chi connectivity index (χ0) is 19.3. The molecule has 0 saturated carbocycles. The van der Waals surface area contributed by atoms with E-state index in [0.29, 0.717) is 12.4 Å². The van der Waals surface area contributed by atoms with Crippen molar-refractivity contribution in [1.29, 1.82) is 0 Å². The molecule has 7 nitrogen and oxygen atoms in total. The fourth-order valence-electron chi connectivity index (χ4n) is 2.19. The van der Waals surface area contributed by atoms with Crippen LogP contribution in [0.5, 0.6) is 5.75 Å². The number of benzene rings is 2. The SMILES string of the molecule is CN(C(=O)OC(C)(C)C)c1ccc(OCc2ccccc2)cc1[N+](=O)[O-]. The first-order valence-electron chi connectivity index (χ1n) is 8.09. The van der Waals surface area contributed by atoms with Crippen LogP contribution in [0.3, 0.4) is 0 Å². The maximum atomic E-state index is 12.2. The minimum absolute atomic E-state index is 0.135. The van der Waals surface area contributed by atoms with Gasteiger partial charge in [0.05, 0.1) is 11.0 Å². The Kier molecular flexibility index (Phi) is 5.82. The van der Waals surface area contributed by atoms with Crippen LogP contribution < -0.4 is 9.64 Å². The summed E-state index contributed by atoms with van der Waals surface area (Å²) in [6, 6.07) is 13.8. The number of hydrogen-bond donors (Lipinski definition) is 0. The molecule has 0 N–H and O–H groups in total. The minimum atomic E-state index is -0.696. The van der Waals surface area contributed by atoms with Crippen LogP contribution in [0, 0.1) is 10.1 Å². The molecule has 0 fully saturated rings. The quantitative estimate of drug-likeness (QED) is 0.579. The number of amides is 1. The molecule has 0 radical (unpaired) electrons. The largest absolute Gasteiger partial charge is 0.489 e. The summed E-state index contributed by atoms with van der Waals surface area (Å²) in [7, 11) is 1.43. The first-order valence-corrected chi connectivity index (χ1v) is 8.09. The Morgan fingerprint density at radius 2 is 1.81 bits per heavy atom. The predicted molar refractivity (Wildman–Crippen MR) is 98.5 cm³/mol. The van der Waals surface area contributed by atoms with Gasteiger partial charge in [-0.25, -0.2) is 4.79 Å². The summed E-state index contributed by atoms with van der Waals surface area (Å²) in [5.74, 6) is 0.349. The van der Waals surface area contributed by atoms with Gasteiger partial charge >= 0.3 is 6.09 Å². The van der Waals surface area contributed by atoms with E-state index in [4.69, 9.17) is 9.47 Å². The van der Waals surface area contributed by atoms with Gasteiger partial charge in [-0.15, -0.1) is 0 Å². The van der Waals surface area contributed by atoms with Crippen molar-refractivity contribution in [1.82, 2.24) is 0 Å². The van der Waals surface area contributed by atoms with Crippen molar-refractivity contribution in [2.24, 2.45) is 0 Å². The normalized spacial score (nSPS) is 10.9. The van der Waals surface area contributed by atoms with E-state index >= 15 is 0 Å². The zero-order valence-corrected chi connectivity index (χ0v) is 15.3. The summed E-state index contributed by atoms with van der Waals surface area (Å²) in [6.07, 6.45) is -0.668. The van der Waals surface area contributed by atoms with Gasteiger partial charge in [-0.3, -0.25) is 15.0 Å². The van der Waals surface area contributed by atoms with Crippen molar-refractivity contribution in [3.63, 3.8) is 0 Å². The van der Waals surface area contributed by atoms with Crippen molar-refractivity contribution in [2.45, 2.75) is 33.0 Å². The molecular weight excluding hydrogens is 336 g/mol. The second-order valence-corrected chi connectivity index (χ2v) is 6.72. The van der Waals surface area contributed by atoms with E-state index in [2.05, 4.69) is 0 Å². The van der Waals surface area contributed by atoms with Gasteiger partial charge in [-0.1, -0.05) is 30.3 Å². The molecule has 0 spiro atoms. The number of anilines is 1. The Bertz CT molecular complexity index is 784. The summed E-state index contributed by atoms with van der Waals surface area (Å²) < 4.78 is 10.9. The van der Waals surface area contributed by atoms with E-state index in [1.54, 1.807) is 26.8 Å². The molecule has 7 heteroatoms. The van der Waals surface area contributed by atoms with Crippen LogP contribution in [-0.4, -0.2) is 23.7 Å². The Hall–Kier alpha value is -3.09. The lowest BCUT2D eigenvalue weighted by Gasteiger charge is -2.24. The van der Waals surface area contributed by atoms with Gasteiger partial charge in [0, 0.05) is 7.05 Å². The third-order valence-electron chi connectivity index (χ3n) is 3.42. The van der Waals surface area contributed by atoms with E-state index < -0.39 is 16.6 Å². The van der Waals surface area contributed by atoms with E-state index in [1.165, 1.54) is 19.2 Å². The van der Waals surface area contributed by atoms with Gasteiger partial charge < -0.3 is 9.47 Å². The number of hydrogen-bond acceptors (Lipinski definition) is 5. The first kappa shape index (κ1) is 19.2. The maximum Gasteiger partial charge on any atom is 0.414 e. The van der Waals surface area contributed by atoms with Crippen molar-refractivity contribution >= 4 is 17.5 Å². The molecule has 138 valence electrons. The smallest absolute Gasteiger partial charge is 0.414 e. The van der Waals surface area contributed by atoms with Gasteiger partial charge in [-0.2, -0.15) is 0 Å². The van der Waals surface area contributed by atoms with E-state index in [0.717, 1.165) is 10.5 Å². The molecular formula is C19H22N2O5. The van der Waals surface area contributed by atoms with Crippen LogP contribution in [0.2, 0.25) is 0 Å². The second-order valence-electron chi connectivity index (χ2n) is 6.72. The summed E-state index contributed by atoms with van der Waals surface area (Å²) in [5.41, 5.74) is 0.157. The standard InChI is InChI=1S/C19H22N2O5/c1-19(2,3)26-18(22)20(4)16-11-10-15(12-17(16)21(23)24)25-13-14-8-6-5-7-9-14/h5-12H,13H2,1-4H3.